The molecule has 2 bridgehead atoms. The standard InChI is InChI=1S/C25H25NO5/c1-25(2,3)31-24(27)26-22-16-10-19-20(30-12-29-19)11-17(16)23(26)21-15(9-18(21)22)13-5-7-14(28-4)8-6-13/h5-11,18,21-23H,12H2,1-4H3. The number of amides is 1. The average Bonchev–Trinajstić information content (AvgIpc) is 3.34. The minimum absolute atomic E-state index is 0.0450. The zero-order valence-corrected chi connectivity index (χ0v) is 18.0. The molecular weight excluding hydrogens is 394 g/mol. The van der Waals surface area contributed by atoms with Gasteiger partial charge in [0.25, 0.3) is 0 Å². The van der Waals surface area contributed by atoms with Crippen LogP contribution in [0.2, 0.25) is 0 Å². The van der Waals surface area contributed by atoms with E-state index in [-0.39, 0.29) is 36.8 Å². The molecule has 0 radical (unpaired) electrons. The van der Waals surface area contributed by atoms with Crippen molar-refractivity contribution in [2.45, 2.75) is 38.5 Å². The van der Waals surface area contributed by atoms with Crippen molar-refractivity contribution in [1.82, 2.24) is 4.90 Å². The zero-order valence-electron chi connectivity index (χ0n) is 18.0. The lowest BCUT2D eigenvalue weighted by Crippen LogP contribution is -2.35. The Kier molecular flexibility index (Phi) is 3.71. The molecule has 160 valence electrons. The summed E-state index contributed by atoms with van der Waals surface area (Å²) in [6.07, 6.45) is 2.04. The van der Waals surface area contributed by atoms with Crippen molar-refractivity contribution in [2.24, 2.45) is 11.8 Å². The van der Waals surface area contributed by atoms with Crippen molar-refractivity contribution in [3.8, 4) is 17.2 Å². The Morgan fingerprint density at radius 3 is 2.29 bits per heavy atom. The minimum Gasteiger partial charge on any atom is -0.497 e. The molecule has 4 aliphatic rings. The topological polar surface area (TPSA) is 57.2 Å². The lowest BCUT2D eigenvalue weighted by molar-refractivity contribution is 0.0165. The SMILES string of the molecule is COc1ccc(C2=CC3C2C2c4cc5c(cc4C3N2C(=O)OC(C)(C)C)OCO5)cc1. The first kappa shape index (κ1) is 18.6. The van der Waals surface area contributed by atoms with Crippen LogP contribution in [0, 0.1) is 11.8 Å². The van der Waals surface area contributed by atoms with Gasteiger partial charge >= 0.3 is 6.09 Å². The van der Waals surface area contributed by atoms with Gasteiger partial charge in [-0.05, 0) is 67.3 Å². The van der Waals surface area contributed by atoms with Gasteiger partial charge in [-0.25, -0.2) is 4.79 Å². The number of ether oxygens (including phenoxy) is 4. The van der Waals surface area contributed by atoms with Gasteiger partial charge in [0.1, 0.15) is 11.4 Å². The first-order valence-electron chi connectivity index (χ1n) is 10.7. The largest absolute Gasteiger partial charge is 0.497 e. The molecule has 1 saturated heterocycles. The van der Waals surface area contributed by atoms with Crippen LogP contribution < -0.4 is 14.2 Å². The number of fused-ring (bicyclic) bond motifs is 9. The van der Waals surface area contributed by atoms with Crippen molar-refractivity contribution in [2.75, 3.05) is 13.9 Å². The van der Waals surface area contributed by atoms with E-state index in [1.54, 1.807) is 7.11 Å². The third-order valence-corrected chi connectivity index (χ3v) is 6.69. The van der Waals surface area contributed by atoms with Gasteiger partial charge in [-0.1, -0.05) is 18.2 Å². The van der Waals surface area contributed by atoms with Crippen LogP contribution in [0.3, 0.4) is 0 Å². The Morgan fingerprint density at radius 2 is 1.68 bits per heavy atom. The molecule has 31 heavy (non-hydrogen) atoms. The molecular formula is C25H25NO5. The molecule has 4 atom stereocenters. The fourth-order valence-electron chi connectivity index (χ4n) is 5.51. The van der Waals surface area contributed by atoms with Gasteiger partial charge in [0.2, 0.25) is 6.79 Å². The summed E-state index contributed by atoms with van der Waals surface area (Å²) < 4.78 is 22.4. The second kappa shape index (κ2) is 6.19. The van der Waals surface area contributed by atoms with E-state index in [9.17, 15) is 4.79 Å². The molecule has 2 aromatic carbocycles. The number of carbonyl (C=O) groups is 1. The molecule has 1 aliphatic carbocycles. The molecule has 0 saturated carbocycles. The monoisotopic (exact) mass is 419 g/mol. The molecule has 0 spiro atoms. The molecule has 6 heteroatoms. The zero-order chi connectivity index (χ0) is 21.5. The summed E-state index contributed by atoms with van der Waals surface area (Å²) in [5, 5.41) is 0. The van der Waals surface area contributed by atoms with E-state index < -0.39 is 5.60 Å². The van der Waals surface area contributed by atoms with Gasteiger partial charge in [0, 0.05) is 11.8 Å². The van der Waals surface area contributed by atoms with E-state index in [1.165, 1.54) is 11.1 Å². The Morgan fingerprint density at radius 1 is 1.03 bits per heavy atom. The van der Waals surface area contributed by atoms with Gasteiger partial charge in [0.15, 0.2) is 11.5 Å². The average molecular weight is 419 g/mol. The fourth-order valence-corrected chi connectivity index (χ4v) is 5.51. The second-order valence-electron chi connectivity index (χ2n) is 9.57. The lowest BCUT2D eigenvalue weighted by atomic mass is 9.63. The molecule has 3 heterocycles. The van der Waals surface area contributed by atoms with Gasteiger partial charge < -0.3 is 18.9 Å². The molecule has 6 rings (SSSR count). The maximum Gasteiger partial charge on any atom is 0.411 e. The van der Waals surface area contributed by atoms with Crippen LogP contribution in [0.25, 0.3) is 5.57 Å². The van der Waals surface area contributed by atoms with Gasteiger partial charge in [-0.15, -0.1) is 0 Å². The Bertz CT molecular complexity index is 1110. The van der Waals surface area contributed by atoms with E-state index in [2.05, 4.69) is 30.3 Å². The fraction of sp³-hybridized carbons (Fsp3) is 0.400. The summed E-state index contributed by atoms with van der Waals surface area (Å²) in [6.45, 7) is 5.96. The Labute approximate surface area is 181 Å². The Hall–Kier alpha value is -3.15. The van der Waals surface area contributed by atoms with Crippen molar-refractivity contribution in [1.29, 1.82) is 0 Å². The number of benzene rings is 2. The number of nitrogens with zero attached hydrogens (tertiary/aromatic N) is 1. The van der Waals surface area contributed by atoms with Gasteiger partial charge in [-0.3, -0.25) is 4.90 Å². The maximum absolute atomic E-state index is 13.3. The molecule has 4 unspecified atom stereocenters. The van der Waals surface area contributed by atoms with Gasteiger partial charge in [0.05, 0.1) is 19.2 Å². The highest BCUT2D eigenvalue weighted by Crippen LogP contribution is 2.68. The van der Waals surface area contributed by atoms with Crippen molar-refractivity contribution in [3.05, 3.63) is 59.2 Å². The second-order valence-corrected chi connectivity index (χ2v) is 9.57. The highest BCUT2D eigenvalue weighted by atomic mass is 16.7. The first-order chi connectivity index (χ1) is 14.9. The van der Waals surface area contributed by atoms with Crippen molar-refractivity contribution >= 4 is 11.7 Å². The molecule has 3 aliphatic heterocycles. The van der Waals surface area contributed by atoms with E-state index in [0.29, 0.717) is 0 Å². The summed E-state index contributed by atoms with van der Waals surface area (Å²) in [4.78, 5) is 15.2. The van der Waals surface area contributed by atoms with Crippen LogP contribution in [-0.4, -0.2) is 30.5 Å². The van der Waals surface area contributed by atoms with Crippen molar-refractivity contribution in [3.63, 3.8) is 0 Å². The smallest absolute Gasteiger partial charge is 0.411 e. The summed E-state index contributed by atoms with van der Waals surface area (Å²) in [6, 6.07) is 12.1. The summed E-state index contributed by atoms with van der Waals surface area (Å²) in [5.41, 5.74) is 4.18. The van der Waals surface area contributed by atoms with E-state index >= 15 is 0 Å². The normalized spacial score (nSPS) is 26.7. The molecule has 6 nitrogen and oxygen atoms in total. The van der Waals surface area contributed by atoms with Crippen LogP contribution in [0.1, 0.15) is 49.5 Å². The molecule has 2 aromatic rings. The molecule has 1 amide bonds. The van der Waals surface area contributed by atoms with Crippen molar-refractivity contribution < 1.29 is 23.7 Å². The summed E-state index contributed by atoms with van der Waals surface area (Å²) in [5.74, 6) is 2.84. The van der Waals surface area contributed by atoms with E-state index in [4.69, 9.17) is 18.9 Å². The van der Waals surface area contributed by atoms with Crippen LogP contribution in [0.4, 0.5) is 4.79 Å². The number of methoxy groups -OCH3 is 1. The first-order valence-corrected chi connectivity index (χ1v) is 10.7. The highest BCUT2D eigenvalue weighted by molar-refractivity contribution is 5.82. The number of hydrogen-bond acceptors (Lipinski definition) is 5. The molecule has 1 fully saturated rings. The van der Waals surface area contributed by atoms with Crippen LogP contribution in [0.5, 0.6) is 17.2 Å². The summed E-state index contributed by atoms with van der Waals surface area (Å²) >= 11 is 0. The van der Waals surface area contributed by atoms with Crippen LogP contribution >= 0.6 is 0 Å². The Balaban J connectivity index is 1.41. The number of rotatable bonds is 2. The van der Waals surface area contributed by atoms with Crippen LogP contribution in [0.15, 0.2) is 42.5 Å². The lowest BCUT2D eigenvalue weighted by Gasteiger charge is -2.38. The number of carbonyl (C=O) groups excluding carboxylic acids is 1. The predicted octanol–water partition coefficient (Wildman–Crippen LogP) is 5.10. The third kappa shape index (κ3) is 2.60. The predicted molar refractivity (Wildman–Crippen MR) is 114 cm³/mol. The summed E-state index contributed by atoms with van der Waals surface area (Å²) in [7, 11) is 1.67. The molecule has 0 aromatic heterocycles. The number of hydrogen-bond donors (Lipinski definition) is 0. The van der Waals surface area contributed by atoms with Crippen LogP contribution in [-0.2, 0) is 4.74 Å². The van der Waals surface area contributed by atoms with Gasteiger partial charge in [-0.2, -0.15) is 0 Å². The highest BCUT2D eigenvalue weighted by Gasteiger charge is 2.62. The van der Waals surface area contributed by atoms with E-state index in [1.807, 2.05) is 37.8 Å². The molecule has 0 N–H and O–H groups in total. The maximum atomic E-state index is 13.3. The third-order valence-electron chi connectivity index (χ3n) is 6.69. The minimum atomic E-state index is -0.551. The quantitative estimate of drug-likeness (QED) is 0.678. The van der Waals surface area contributed by atoms with E-state index in [0.717, 1.165) is 28.4 Å².